The molecular formula is C18H25N5O. The summed E-state index contributed by atoms with van der Waals surface area (Å²) in [6.45, 7) is 6.18. The van der Waals surface area contributed by atoms with Gasteiger partial charge in [0.15, 0.2) is 5.82 Å². The van der Waals surface area contributed by atoms with Gasteiger partial charge in [-0.3, -0.25) is 4.79 Å². The summed E-state index contributed by atoms with van der Waals surface area (Å²) >= 11 is 0. The van der Waals surface area contributed by atoms with E-state index in [9.17, 15) is 4.79 Å². The van der Waals surface area contributed by atoms with E-state index in [0.29, 0.717) is 12.3 Å². The highest BCUT2D eigenvalue weighted by Crippen LogP contribution is 2.39. The largest absolute Gasteiger partial charge is 0.343 e. The van der Waals surface area contributed by atoms with Gasteiger partial charge in [-0.05, 0) is 61.1 Å². The molecule has 0 saturated heterocycles. The summed E-state index contributed by atoms with van der Waals surface area (Å²) in [5.74, 6) is 1.45. The van der Waals surface area contributed by atoms with E-state index in [-0.39, 0.29) is 5.91 Å². The Morgan fingerprint density at radius 3 is 2.58 bits per heavy atom. The van der Waals surface area contributed by atoms with Crippen LogP contribution in [0.1, 0.15) is 57.3 Å². The zero-order chi connectivity index (χ0) is 17.2. The maximum atomic E-state index is 12.2. The number of hydrogen-bond donors (Lipinski definition) is 1. The Kier molecular flexibility index (Phi) is 4.64. The van der Waals surface area contributed by atoms with Crippen molar-refractivity contribution in [2.75, 3.05) is 0 Å². The number of aromatic nitrogens is 4. The third kappa shape index (κ3) is 3.18. The normalized spacial score (nSPS) is 23.9. The molecule has 1 aromatic carbocycles. The van der Waals surface area contributed by atoms with Crippen LogP contribution in [-0.4, -0.2) is 26.1 Å². The molecule has 1 saturated carbocycles. The lowest BCUT2D eigenvalue weighted by atomic mass is 9.76. The Hall–Kier alpha value is -2.24. The monoisotopic (exact) mass is 327 g/mol. The van der Waals surface area contributed by atoms with Crippen molar-refractivity contribution in [3.63, 3.8) is 0 Å². The Balaban J connectivity index is 2.01. The Morgan fingerprint density at radius 1 is 1.29 bits per heavy atom. The number of nitrogens with zero attached hydrogens (tertiary/aromatic N) is 4. The first-order chi connectivity index (χ1) is 11.5. The highest BCUT2D eigenvalue weighted by atomic mass is 16.1. The number of carbonyl (C=O) groups excluding carboxylic acids is 1. The molecule has 24 heavy (non-hydrogen) atoms. The molecule has 6 nitrogen and oxygen atoms in total. The van der Waals surface area contributed by atoms with E-state index in [1.165, 1.54) is 5.56 Å². The van der Waals surface area contributed by atoms with E-state index in [1.54, 1.807) is 4.68 Å². The van der Waals surface area contributed by atoms with Crippen LogP contribution in [0.25, 0.3) is 5.69 Å². The minimum absolute atomic E-state index is 0.0445. The molecule has 1 aliphatic carbocycles. The van der Waals surface area contributed by atoms with Gasteiger partial charge >= 0.3 is 0 Å². The van der Waals surface area contributed by atoms with Crippen LogP contribution < -0.4 is 5.32 Å². The van der Waals surface area contributed by atoms with Crippen molar-refractivity contribution in [3.8, 4) is 5.69 Å². The number of hydrogen-bond acceptors (Lipinski definition) is 4. The van der Waals surface area contributed by atoms with Crippen molar-refractivity contribution < 1.29 is 4.79 Å². The van der Waals surface area contributed by atoms with Crippen molar-refractivity contribution in [2.45, 2.75) is 58.4 Å². The molecule has 1 amide bonds. The van der Waals surface area contributed by atoms with Crippen molar-refractivity contribution in [2.24, 2.45) is 5.92 Å². The lowest BCUT2D eigenvalue weighted by Crippen LogP contribution is -2.49. The molecule has 0 aliphatic heterocycles. The summed E-state index contributed by atoms with van der Waals surface area (Å²) in [6, 6.07) is 8.11. The molecule has 1 aliphatic rings. The zero-order valence-electron chi connectivity index (χ0n) is 14.6. The number of aryl methyl sites for hydroxylation is 1. The van der Waals surface area contributed by atoms with Crippen LogP contribution in [0.2, 0.25) is 0 Å². The molecule has 128 valence electrons. The number of benzene rings is 1. The van der Waals surface area contributed by atoms with Crippen molar-refractivity contribution in [3.05, 3.63) is 35.7 Å². The van der Waals surface area contributed by atoms with Crippen LogP contribution in [0.15, 0.2) is 24.3 Å². The first kappa shape index (κ1) is 16.6. The van der Waals surface area contributed by atoms with E-state index >= 15 is 0 Å². The van der Waals surface area contributed by atoms with Gasteiger partial charge in [0.2, 0.25) is 5.91 Å². The molecule has 1 aromatic heterocycles. The maximum absolute atomic E-state index is 12.2. The van der Waals surface area contributed by atoms with E-state index < -0.39 is 5.54 Å². The lowest BCUT2D eigenvalue weighted by Gasteiger charge is -2.38. The summed E-state index contributed by atoms with van der Waals surface area (Å²) < 4.78 is 1.77. The van der Waals surface area contributed by atoms with Crippen LogP contribution in [0.5, 0.6) is 0 Å². The molecule has 0 radical (unpaired) electrons. The van der Waals surface area contributed by atoms with Gasteiger partial charge in [0.05, 0.1) is 5.69 Å². The predicted molar refractivity (Wildman–Crippen MR) is 91.6 cm³/mol. The smallest absolute Gasteiger partial charge is 0.220 e. The number of tetrazole rings is 1. The standard InChI is InChI=1S/C18H25N5O/c1-4-16(24)19-18(11-9-14(3)10-12-18)17-20-21-22-23(17)15-7-5-13(2)6-8-15/h5-8,14H,4,9-12H2,1-3H3,(H,19,24). The first-order valence-electron chi connectivity index (χ1n) is 8.71. The van der Waals surface area contributed by atoms with Crippen molar-refractivity contribution in [1.82, 2.24) is 25.5 Å². The molecule has 0 atom stereocenters. The van der Waals surface area contributed by atoms with Crippen molar-refractivity contribution in [1.29, 1.82) is 0 Å². The molecule has 2 aromatic rings. The third-order valence-corrected chi connectivity index (χ3v) is 5.00. The molecule has 1 heterocycles. The molecule has 0 unspecified atom stereocenters. The summed E-state index contributed by atoms with van der Waals surface area (Å²) in [6.07, 6.45) is 4.32. The molecule has 1 fully saturated rings. The van der Waals surface area contributed by atoms with Gasteiger partial charge in [-0.1, -0.05) is 31.5 Å². The van der Waals surface area contributed by atoms with Gasteiger partial charge in [0, 0.05) is 6.42 Å². The molecule has 1 N–H and O–H groups in total. The summed E-state index contributed by atoms with van der Waals surface area (Å²) in [5, 5.41) is 15.6. The lowest BCUT2D eigenvalue weighted by molar-refractivity contribution is -0.123. The van der Waals surface area contributed by atoms with Crippen LogP contribution >= 0.6 is 0 Å². The van der Waals surface area contributed by atoms with Gasteiger partial charge in [0.25, 0.3) is 0 Å². The van der Waals surface area contributed by atoms with Gasteiger partial charge < -0.3 is 5.32 Å². The fraction of sp³-hybridized carbons (Fsp3) is 0.556. The second kappa shape index (κ2) is 6.71. The number of rotatable bonds is 4. The average Bonchev–Trinajstić information content (AvgIpc) is 3.08. The van der Waals surface area contributed by atoms with Gasteiger partial charge in [-0.15, -0.1) is 5.10 Å². The summed E-state index contributed by atoms with van der Waals surface area (Å²) in [4.78, 5) is 12.2. The van der Waals surface area contributed by atoms with Crippen LogP contribution in [0.3, 0.4) is 0 Å². The Morgan fingerprint density at radius 2 is 1.96 bits per heavy atom. The fourth-order valence-corrected chi connectivity index (χ4v) is 3.36. The number of carbonyl (C=O) groups is 1. The van der Waals surface area contributed by atoms with E-state index in [2.05, 4.69) is 34.7 Å². The van der Waals surface area contributed by atoms with Crippen LogP contribution in [-0.2, 0) is 10.3 Å². The van der Waals surface area contributed by atoms with Crippen LogP contribution in [0.4, 0.5) is 0 Å². The van der Waals surface area contributed by atoms with Crippen LogP contribution in [0, 0.1) is 12.8 Å². The highest BCUT2D eigenvalue weighted by molar-refractivity contribution is 5.76. The van der Waals surface area contributed by atoms with Gasteiger partial charge in [-0.25, -0.2) is 0 Å². The molecule has 3 rings (SSSR count). The number of nitrogens with one attached hydrogen (secondary N) is 1. The summed E-state index contributed by atoms with van der Waals surface area (Å²) in [7, 11) is 0. The summed E-state index contributed by atoms with van der Waals surface area (Å²) in [5.41, 5.74) is 1.63. The highest BCUT2D eigenvalue weighted by Gasteiger charge is 2.41. The average molecular weight is 327 g/mol. The SMILES string of the molecule is CCC(=O)NC1(c2nnnn2-c2ccc(C)cc2)CCC(C)CC1. The predicted octanol–water partition coefficient (Wildman–Crippen LogP) is 2.90. The zero-order valence-corrected chi connectivity index (χ0v) is 14.6. The third-order valence-electron chi connectivity index (χ3n) is 5.00. The molecule has 0 spiro atoms. The quantitative estimate of drug-likeness (QED) is 0.937. The number of amides is 1. The topological polar surface area (TPSA) is 72.7 Å². The minimum Gasteiger partial charge on any atom is -0.343 e. The van der Waals surface area contributed by atoms with E-state index in [1.807, 2.05) is 31.2 Å². The van der Waals surface area contributed by atoms with E-state index in [0.717, 1.165) is 37.2 Å². The second-order valence-corrected chi connectivity index (χ2v) is 6.92. The second-order valence-electron chi connectivity index (χ2n) is 6.92. The minimum atomic E-state index is -0.478. The van der Waals surface area contributed by atoms with Crippen molar-refractivity contribution >= 4 is 5.91 Å². The fourth-order valence-electron chi connectivity index (χ4n) is 3.36. The molecular weight excluding hydrogens is 302 g/mol. The van der Waals surface area contributed by atoms with E-state index in [4.69, 9.17) is 0 Å². The molecule has 6 heteroatoms. The van der Waals surface area contributed by atoms with Gasteiger partial charge in [0.1, 0.15) is 5.54 Å². The first-order valence-corrected chi connectivity index (χ1v) is 8.71. The maximum Gasteiger partial charge on any atom is 0.220 e. The van der Waals surface area contributed by atoms with Gasteiger partial charge in [-0.2, -0.15) is 4.68 Å². The Bertz CT molecular complexity index is 698. The molecule has 0 bridgehead atoms. The Labute approximate surface area is 142 Å².